The molecule has 3 heterocycles. The second kappa shape index (κ2) is 12.8. The maximum absolute atomic E-state index is 14.1. The predicted molar refractivity (Wildman–Crippen MR) is 153 cm³/mol. The van der Waals surface area contributed by atoms with Gasteiger partial charge in [-0.15, -0.1) is 0 Å². The largest absolute Gasteiger partial charge is 0.383 e. The van der Waals surface area contributed by atoms with Crippen molar-refractivity contribution in [2.24, 2.45) is 0 Å². The van der Waals surface area contributed by atoms with Gasteiger partial charge in [0, 0.05) is 45.8 Å². The van der Waals surface area contributed by atoms with E-state index in [9.17, 15) is 18.4 Å². The fraction of sp³-hybridized carbons (Fsp3) is 0.367. The van der Waals surface area contributed by atoms with Crippen molar-refractivity contribution in [2.75, 3.05) is 45.2 Å². The number of hydroxylamine groups is 2. The van der Waals surface area contributed by atoms with Gasteiger partial charge in [0.1, 0.15) is 11.9 Å². The van der Waals surface area contributed by atoms with E-state index in [4.69, 9.17) is 14.7 Å². The van der Waals surface area contributed by atoms with Gasteiger partial charge in [0.05, 0.1) is 24.0 Å². The minimum Gasteiger partial charge on any atom is -0.383 e. The third kappa shape index (κ3) is 6.35. The fourth-order valence-corrected chi connectivity index (χ4v) is 5.22. The summed E-state index contributed by atoms with van der Waals surface area (Å²) in [5.41, 5.74) is 3.68. The molecule has 3 amide bonds. The maximum atomic E-state index is 14.1. The third-order valence-corrected chi connectivity index (χ3v) is 7.48. The number of nitrogens with one attached hydrogen (secondary N) is 2. The van der Waals surface area contributed by atoms with Crippen LogP contribution in [0.15, 0.2) is 54.6 Å². The highest BCUT2D eigenvalue weighted by Crippen LogP contribution is 2.32. The average Bonchev–Trinajstić information content (AvgIpc) is 3.54. The minimum atomic E-state index is -0.993. The number of aromatic nitrogens is 2. The molecule has 1 fully saturated rings. The number of anilines is 1. The van der Waals surface area contributed by atoms with E-state index in [1.54, 1.807) is 28.7 Å². The first-order valence-electron chi connectivity index (χ1n) is 13.8. The Balaban J connectivity index is 1.40. The van der Waals surface area contributed by atoms with Crippen molar-refractivity contribution in [3.63, 3.8) is 0 Å². The van der Waals surface area contributed by atoms with Gasteiger partial charge in [0.25, 0.3) is 0 Å². The number of hydrogen-bond acceptors (Lipinski definition) is 6. The highest BCUT2D eigenvalue weighted by Gasteiger charge is 2.37. The molecule has 2 N–H and O–H groups in total. The molecule has 222 valence electrons. The van der Waals surface area contributed by atoms with Crippen molar-refractivity contribution in [3.05, 3.63) is 83.1 Å². The maximum Gasteiger partial charge on any atom is 0.320 e. The van der Waals surface area contributed by atoms with Gasteiger partial charge in [-0.05, 0) is 48.7 Å². The van der Waals surface area contributed by atoms with Crippen LogP contribution in [0, 0.1) is 18.6 Å². The van der Waals surface area contributed by atoms with Crippen LogP contribution < -0.4 is 10.6 Å². The fourth-order valence-electron chi connectivity index (χ4n) is 5.22. The van der Waals surface area contributed by atoms with Crippen LogP contribution in [-0.2, 0) is 14.4 Å². The van der Waals surface area contributed by atoms with Gasteiger partial charge in [-0.25, -0.2) is 18.3 Å². The van der Waals surface area contributed by atoms with Crippen LogP contribution in [0.3, 0.4) is 0 Å². The molecular formula is C30H34F2N6O4. The summed E-state index contributed by atoms with van der Waals surface area (Å²) >= 11 is 0. The van der Waals surface area contributed by atoms with Crippen molar-refractivity contribution < 1.29 is 27.9 Å². The van der Waals surface area contributed by atoms with E-state index in [0.29, 0.717) is 50.6 Å². The summed E-state index contributed by atoms with van der Waals surface area (Å²) in [7, 11) is 1.57. The quantitative estimate of drug-likeness (QED) is 0.414. The molecule has 3 aromatic rings. The molecule has 1 aromatic heterocycles. The zero-order valence-corrected chi connectivity index (χ0v) is 23.8. The smallest absolute Gasteiger partial charge is 0.320 e. The Hall–Kier alpha value is -4.13. The van der Waals surface area contributed by atoms with Crippen LogP contribution in [-0.4, -0.2) is 77.6 Å². The average molecular weight is 581 g/mol. The predicted octanol–water partition coefficient (Wildman–Crippen LogP) is 4.22. The lowest BCUT2D eigenvalue weighted by molar-refractivity contribution is -0.154. The third-order valence-electron chi connectivity index (χ3n) is 7.48. The lowest BCUT2D eigenvalue weighted by Gasteiger charge is -2.24. The lowest BCUT2D eigenvalue weighted by atomic mass is 10.0. The number of amides is 3. The number of ether oxygens (including phenoxy) is 1. The zero-order chi connectivity index (χ0) is 29.8. The summed E-state index contributed by atoms with van der Waals surface area (Å²) in [6.07, 6.45) is 1.90. The Bertz CT molecular complexity index is 1480. The summed E-state index contributed by atoms with van der Waals surface area (Å²) in [6.45, 7) is 5.66. The van der Waals surface area contributed by atoms with Gasteiger partial charge < -0.3 is 15.0 Å². The summed E-state index contributed by atoms with van der Waals surface area (Å²) in [5, 5.41) is 12.4. The Morgan fingerprint density at radius 1 is 1.14 bits per heavy atom. The molecule has 2 atom stereocenters. The van der Waals surface area contributed by atoms with E-state index in [2.05, 4.69) is 10.6 Å². The van der Waals surface area contributed by atoms with Gasteiger partial charge in [-0.3, -0.25) is 14.9 Å². The van der Waals surface area contributed by atoms with Gasteiger partial charge in [-0.1, -0.05) is 30.3 Å². The second-order valence-electron chi connectivity index (χ2n) is 10.3. The van der Waals surface area contributed by atoms with Gasteiger partial charge in [0.15, 0.2) is 11.6 Å². The summed E-state index contributed by atoms with van der Waals surface area (Å²) in [5.74, 6) is -1.44. The normalized spacial score (nSPS) is 19.1. The monoisotopic (exact) mass is 580 g/mol. The topological polar surface area (TPSA) is 101 Å². The Labute approximate surface area is 242 Å². The van der Waals surface area contributed by atoms with Crippen LogP contribution in [0.1, 0.15) is 36.3 Å². The molecule has 0 bridgehead atoms. The molecular weight excluding hydrogens is 546 g/mol. The van der Waals surface area contributed by atoms with Crippen molar-refractivity contribution in [3.8, 4) is 5.69 Å². The van der Waals surface area contributed by atoms with Gasteiger partial charge >= 0.3 is 6.03 Å². The number of methoxy groups -OCH3 is 1. The number of urea groups is 1. The molecule has 0 spiro atoms. The Morgan fingerprint density at radius 2 is 1.93 bits per heavy atom. The van der Waals surface area contributed by atoms with E-state index >= 15 is 0 Å². The van der Waals surface area contributed by atoms with Crippen molar-refractivity contribution >= 4 is 23.3 Å². The Kier molecular flexibility index (Phi) is 8.95. The number of carbonyl (C=O) groups is 2. The number of benzene rings is 2. The number of hydrogen-bond donors (Lipinski definition) is 2. The molecule has 2 aromatic carbocycles. The SMILES string of the molecule is COCCN1C[C@H](NC(=O)Nc2c(C)c(C3=CCN(C(C)=O)CC3)nn2-c2ccccc2)[C@@H](c2ccc(F)c(F)c2)O1. The first-order valence-corrected chi connectivity index (χ1v) is 13.8. The van der Waals surface area contributed by atoms with Crippen LogP contribution in [0.2, 0.25) is 0 Å². The van der Waals surface area contributed by atoms with Gasteiger partial charge in [-0.2, -0.15) is 10.2 Å². The lowest BCUT2D eigenvalue weighted by Crippen LogP contribution is -2.42. The van der Waals surface area contributed by atoms with Gasteiger partial charge in [0.2, 0.25) is 5.91 Å². The summed E-state index contributed by atoms with van der Waals surface area (Å²) < 4.78 is 34.5. The molecule has 10 nitrogen and oxygen atoms in total. The van der Waals surface area contributed by atoms with E-state index in [1.165, 1.54) is 6.07 Å². The van der Waals surface area contributed by atoms with Crippen LogP contribution in [0.25, 0.3) is 11.3 Å². The van der Waals surface area contributed by atoms with E-state index in [-0.39, 0.29) is 5.91 Å². The Morgan fingerprint density at radius 3 is 2.60 bits per heavy atom. The molecule has 0 unspecified atom stereocenters. The molecule has 2 aliphatic rings. The molecule has 5 rings (SSSR count). The van der Waals surface area contributed by atoms with E-state index < -0.39 is 29.8 Å². The first-order chi connectivity index (χ1) is 20.2. The summed E-state index contributed by atoms with van der Waals surface area (Å²) in [6, 6.07) is 12.0. The number of halogens is 2. The first kappa shape index (κ1) is 29.4. The molecule has 0 aliphatic carbocycles. The molecule has 0 saturated carbocycles. The van der Waals surface area contributed by atoms with E-state index in [1.807, 2.05) is 43.3 Å². The highest BCUT2D eigenvalue weighted by atomic mass is 19.2. The molecule has 2 aliphatic heterocycles. The minimum absolute atomic E-state index is 0.0224. The highest BCUT2D eigenvalue weighted by molar-refractivity contribution is 5.91. The molecule has 0 radical (unpaired) electrons. The van der Waals surface area contributed by atoms with Crippen LogP contribution in [0.5, 0.6) is 0 Å². The summed E-state index contributed by atoms with van der Waals surface area (Å²) in [4.78, 5) is 33.0. The van der Waals surface area contributed by atoms with Crippen molar-refractivity contribution in [1.29, 1.82) is 0 Å². The molecule has 12 heteroatoms. The van der Waals surface area contributed by atoms with Crippen molar-refractivity contribution in [2.45, 2.75) is 32.4 Å². The molecule has 42 heavy (non-hydrogen) atoms. The number of rotatable bonds is 8. The van der Waals surface area contributed by atoms with Crippen LogP contribution >= 0.6 is 0 Å². The zero-order valence-electron chi connectivity index (χ0n) is 23.8. The molecule has 1 saturated heterocycles. The standard InChI is InChI=1S/C30H34F2N6O4/c1-19-27(21-11-13-36(14-12-21)20(2)39)35-38(23-7-5-4-6-8-23)29(19)34-30(40)33-26-18-37(15-16-41-3)42-28(26)22-9-10-24(31)25(32)17-22/h4-11,17,26,28H,12-16,18H2,1-3H3,(H2,33,34,40)/t26-,28+/m0/s1. The van der Waals surface area contributed by atoms with E-state index in [0.717, 1.165) is 34.7 Å². The number of carbonyl (C=O) groups excluding carboxylic acids is 2. The second-order valence-corrected chi connectivity index (χ2v) is 10.3. The van der Waals surface area contributed by atoms with Crippen LogP contribution in [0.4, 0.5) is 19.4 Å². The number of para-hydroxylation sites is 1. The van der Waals surface area contributed by atoms with Crippen molar-refractivity contribution in [1.82, 2.24) is 25.1 Å². The number of nitrogens with zero attached hydrogens (tertiary/aromatic N) is 4.